The molecule has 1 aromatic heterocycles. The van der Waals surface area contributed by atoms with E-state index in [1.807, 2.05) is 24.3 Å². The quantitative estimate of drug-likeness (QED) is 0.879. The van der Waals surface area contributed by atoms with Gasteiger partial charge < -0.3 is 14.4 Å². The third-order valence-electron chi connectivity index (χ3n) is 3.38. The number of para-hydroxylation sites is 2. The van der Waals surface area contributed by atoms with E-state index in [-0.39, 0.29) is 6.61 Å². The van der Waals surface area contributed by atoms with Crippen molar-refractivity contribution in [3.63, 3.8) is 0 Å². The number of nitrogens with zero attached hydrogens (tertiary/aromatic N) is 2. The highest BCUT2D eigenvalue weighted by Crippen LogP contribution is 2.27. The lowest BCUT2D eigenvalue weighted by atomic mass is 10.1. The minimum Gasteiger partial charge on any atom is -0.423 e. The number of benzene rings is 1. The van der Waals surface area contributed by atoms with E-state index in [0.717, 1.165) is 37.0 Å². The zero-order chi connectivity index (χ0) is 11.7. The first kappa shape index (κ1) is 10.6. The summed E-state index contributed by atoms with van der Waals surface area (Å²) in [6.07, 6.45) is 1.98. The molecule has 1 saturated heterocycles. The van der Waals surface area contributed by atoms with Crippen molar-refractivity contribution in [3.8, 4) is 0 Å². The van der Waals surface area contributed by atoms with Crippen LogP contribution in [0.1, 0.15) is 12.8 Å². The molecule has 1 fully saturated rings. The summed E-state index contributed by atoms with van der Waals surface area (Å²) in [5.41, 5.74) is 1.75. The third kappa shape index (κ3) is 2.00. The van der Waals surface area contributed by atoms with E-state index in [0.29, 0.717) is 11.9 Å². The Hall–Kier alpha value is -1.55. The molecule has 0 bridgehead atoms. The van der Waals surface area contributed by atoms with Gasteiger partial charge in [-0.3, -0.25) is 0 Å². The molecule has 1 aromatic carbocycles. The molecule has 0 saturated carbocycles. The summed E-state index contributed by atoms with van der Waals surface area (Å²) in [5.74, 6) is 0.565. The minimum absolute atomic E-state index is 0.270. The van der Waals surface area contributed by atoms with E-state index in [9.17, 15) is 0 Å². The van der Waals surface area contributed by atoms with Gasteiger partial charge in [0.25, 0.3) is 6.01 Å². The fraction of sp³-hybridized carbons (Fsp3) is 0.462. The van der Waals surface area contributed by atoms with Crippen molar-refractivity contribution in [1.29, 1.82) is 0 Å². The Labute approximate surface area is 99.9 Å². The SMILES string of the molecule is OCCC1CCN(c2nc3ccccc3o2)C1. The summed E-state index contributed by atoms with van der Waals surface area (Å²) >= 11 is 0. The lowest BCUT2D eigenvalue weighted by Gasteiger charge is -2.12. The summed E-state index contributed by atoms with van der Waals surface area (Å²) in [5, 5.41) is 8.94. The van der Waals surface area contributed by atoms with Crippen molar-refractivity contribution in [3.05, 3.63) is 24.3 Å². The molecule has 4 nitrogen and oxygen atoms in total. The summed E-state index contributed by atoms with van der Waals surface area (Å²) in [6.45, 7) is 2.18. The van der Waals surface area contributed by atoms with E-state index in [1.54, 1.807) is 0 Å². The van der Waals surface area contributed by atoms with Gasteiger partial charge in [-0.1, -0.05) is 12.1 Å². The molecule has 0 aliphatic carbocycles. The first-order chi connectivity index (χ1) is 8.36. The van der Waals surface area contributed by atoms with Crippen LogP contribution in [-0.2, 0) is 0 Å². The second kappa shape index (κ2) is 4.37. The average Bonchev–Trinajstić information content (AvgIpc) is 2.94. The molecule has 0 spiro atoms. The van der Waals surface area contributed by atoms with Crippen molar-refractivity contribution >= 4 is 17.1 Å². The van der Waals surface area contributed by atoms with Crippen LogP contribution in [0.5, 0.6) is 0 Å². The summed E-state index contributed by atoms with van der Waals surface area (Å²) in [4.78, 5) is 6.65. The molecule has 1 unspecified atom stereocenters. The Bertz CT molecular complexity index is 476. The van der Waals surface area contributed by atoms with Gasteiger partial charge in [-0.2, -0.15) is 4.98 Å². The lowest BCUT2D eigenvalue weighted by Crippen LogP contribution is -2.20. The highest BCUT2D eigenvalue weighted by atomic mass is 16.4. The van der Waals surface area contributed by atoms with Crippen molar-refractivity contribution in [1.82, 2.24) is 4.98 Å². The predicted octanol–water partition coefficient (Wildman–Crippen LogP) is 2.04. The number of anilines is 1. The Morgan fingerprint density at radius 3 is 3.12 bits per heavy atom. The maximum absolute atomic E-state index is 8.94. The number of fused-ring (bicyclic) bond motifs is 1. The van der Waals surface area contributed by atoms with Crippen LogP contribution in [0, 0.1) is 5.92 Å². The maximum atomic E-state index is 8.94. The van der Waals surface area contributed by atoms with Gasteiger partial charge in [0.15, 0.2) is 5.58 Å². The van der Waals surface area contributed by atoms with Gasteiger partial charge in [-0.15, -0.1) is 0 Å². The van der Waals surface area contributed by atoms with Crippen LogP contribution in [0.3, 0.4) is 0 Å². The molecule has 1 aliphatic rings. The second-order valence-corrected chi connectivity index (χ2v) is 4.58. The Morgan fingerprint density at radius 1 is 1.41 bits per heavy atom. The molecule has 0 amide bonds. The van der Waals surface area contributed by atoms with Gasteiger partial charge in [-0.25, -0.2) is 0 Å². The fourth-order valence-electron chi connectivity index (χ4n) is 2.42. The van der Waals surface area contributed by atoms with Crippen molar-refractivity contribution in [2.45, 2.75) is 12.8 Å². The smallest absolute Gasteiger partial charge is 0.298 e. The monoisotopic (exact) mass is 232 g/mol. The first-order valence-electron chi connectivity index (χ1n) is 6.08. The molecule has 2 heterocycles. The molecule has 1 N–H and O–H groups in total. The molecule has 1 atom stereocenters. The Kier molecular flexibility index (Phi) is 2.73. The van der Waals surface area contributed by atoms with Crippen LogP contribution in [0.25, 0.3) is 11.1 Å². The minimum atomic E-state index is 0.270. The van der Waals surface area contributed by atoms with E-state index < -0.39 is 0 Å². The van der Waals surface area contributed by atoms with Crippen molar-refractivity contribution in [2.24, 2.45) is 5.92 Å². The van der Waals surface area contributed by atoms with Crippen LogP contribution in [0.4, 0.5) is 6.01 Å². The van der Waals surface area contributed by atoms with Gasteiger partial charge in [0.05, 0.1) is 0 Å². The average molecular weight is 232 g/mol. The molecule has 0 radical (unpaired) electrons. The van der Waals surface area contributed by atoms with Crippen molar-refractivity contribution in [2.75, 3.05) is 24.6 Å². The van der Waals surface area contributed by atoms with Gasteiger partial charge in [0.2, 0.25) is 0 Å². The van der Waals surface area contributed by atoms with Crippen LogP contribution in [0.15, 0.2) is 28.7 Å². The Balaban J connectivity index is 1.80. The number of rotatable bonds is 3. The second-order valence-electron chi connectivity index (χ2n) is 4.58. The number of aliphatic hydroxyl groups excluding tert-OH is 1. The topological polar surface area (TPSA) is 49.5 Å². The van der Waals surface area contributed by atoms with Crippen LogP contribution in [-0.4, -0.2) is 29.8 Å². The van der Waals surface area contributed by atoms with E-state index in [4.69, 9.17) is 9.52 Å². The normalized spacial score (nSPS) is 20.3. The number of hydrogen-bond acceptors (Lipinski definition) is 4. The molecule has 1 aliphatic heterocycles. The van der Waals surface area contributed by atoms with Gasteiger partial charge in [-0.05, 0) is 30.9 Å². The standard InChI is InChI=1S/C13H16N2O2/c16-8-6-10-5-7-15(9-10)13-14-11-3-1-2-4-12(11)17-13/h1-4,10,16H,5-9H2. The summed E-state index contributed by atoms with van der Waals surface area (Å²) in [7, 11) is 0. The molecule has 3 rings (SSSR count). The number of oxazole rings is 1. The zero-order valence-corrected chi connectivity index (χ0v) is 9.67. The summed E-state index contributed by atoms with van der Waals surface area (Å²) in [6, 6.07) is 8.53. The largest absolute Gasteiger partial charge is 0.423 e. The van der Waals surface area contributed by atoms with E-state index >= 15 is 0 Å². The number of aromatic nitrogens is 1. The van der Waals surface area contributed by atoms with E-state index in [1.165, 1.54) is 0 Å². The molecular weight excluding hydrogens is 216 g/mol. The van der Waals surface area contributed by atoms with Gasteiger partial charge >= 0.3 is 0 Å². The Morgan fingerprint density at radius 2 is 2.29 bits per heavy atom. The van der Waals surface area contributed by atoms with E-state index in [2.05, 4.69) is 9.88 Å². The van der Waals surface area contributed by atoms with Gasteiger partial charge in [0.1, 0.15) is 5.52 Å². The lowest BCUT2D eigenvalue weighted by molar-refractivity contribution is 0.263. The molecule has 4 heteroatoms. The fourth-order valence-corrected chi connectivity index (χ4v) is 2.42. The number of hydrogen-bond donors (Lipinski definition) is 1. The molecule has 2 aromatic rings. The number of aliphatic hydroxyl groups is 1. The highest BCUT2D eigenvalue weighted by Gasteiger charge is 2.25. The maximum Gasteiger partial charge on any atom is 0.298 e. The first-order valence-corrected chi connectivity index (χ1v) is 6.08. The third-order valence-corrected chi connectivity index (χ3v) is 3.38. The van der Waals surface area contributed by atoms with Crippen molar-refractivity contribution < 1.29 is 9.52 Å². The van der Waals surface area contributed by atoms with Crippen LogP contribution >= 0.6 is 0 Å². The summed E-state index contributed by atoms with van der Waals surface area (Å²) < 4.78 is 5.73. The molecular formula is C13H16N2O2. The van der Waals surface area contributed by atoms with Crippen LogP contribution < -0.4 is 4.90 Å². The molecule has 17 heavy (non-hydrogen) atoms. The molecule has 90 valence electrons. The predicted molar refractivity (Wildman–Crippen MR) is 66.0 cm³/mol. The van der Waals surface area contributed by atoms with Gasteiger partial charge in [0, 0.05) is 19.7 Å². The highest BCUT2D eigenvalue weighted by molar-refractivity contribution is 5.74. The van der Waals surface area contributed by atoms with Crippen LogP contribution in [0.2, 0.25) is 0 Å². The zero-order valence-electron chi connectivity index (χ0n) is 9.67.